The highest BCUT2D eigenvalue weighted by atomic mass is 79.9. The van der Waals surface area contributed by atoms with E-state index in [0.29, 0.717) is 0 Å². The van der Waals surface area contributed by atoms with Crippen molar-refractivity contribution in [3.63, 3.8) is 0 Å². The summed E-state index contributed by atoms with van der Waals surface area (Å²) >= 11 is 3.56. The molecule has 0 radical (unpaired) electrons. The second-order valence-electron chi connectivity index (χ2n) is 3.57. The molecule has 0 atom stereocenters. The molecule has 0 saturated heterocycles. The molecule has 0 spiro atoms. The molecule has 0 unspecified atom stereocenters. The van der Waals surface area contributed by atoms with E-state index in [1.54, 1.807) is 6.26 Å². The van der Waals surface area contributed by atoms with Crippen LogP contribution >= 0.6 is 15.9 Å². The van der Waals surface area contributed by atoms with Crippen molar-refractivity contribution in [1.29, 1.82) is 0 Å². The minimum Gasteiger partial charge on any atom is -0.464 e. The summed E-state index contributed by atoms with van der Waals surface area (Å²) in [6.45, 7) is 0. The lowest BCUT2D eigenvalue weighted by atomic mass is 10.0. The highest BCUT2D eigenvalue weighted by molar-refractivity contribution is 9.10. The van der Waals surface area contributed by atoms with Gasteiger partial charge in [-0.2, -0.15) is 0 Å². The standard InChI is InChI=1S/C13H9BrO/c14-12-7-6-11(13-5-2-8-15-13)9-3-1-4-10(9)12/h1-2,4-8H,3H2. The predicted octanol–water partition coefficient (Wildman–Crippen LogP) is 4.28. The van der Waals surface area contributed by atoms with Gasteiger partial charge in [0.1, 0.15) is 5.76 Å². The first-order valence-corrected chi connectivity index (χ1v) is 5.67. The molecule has 2 aromatic rings. The Hall–Kier alpha value is -1.28. The maximum atomic E-state index is 5.44. The Morgan fingerprint density at radius 3 is 2.93 bits per heavy atom. The molecule has 1 aromatic heterocycles. The Kier molecular flexibility index (Phi) is 2.03. The Labute approximate surface area is 96.5 Å². The lowest BCUT2D eigenvalue weighted by molar-refractivity contribution is 0.582. The quantitative estimate of drug-likeness (QED) is 0.746. The summed E-state index contributed by atoms with van der Waals surface area (Å²) < 4.78 is 6.60. The van der Waals surface area contributed by atoms with Crippen LogP contribution in [0.4, 0.5) is 0 Å². The van der Waals surface area contributed by atoms with Crippen LogP contribution in [0.1, 0.15) is 11.1 Å². The van der Waals surface area contributed by atoms with Crippen LogP contribution in [0.3, 0.4) is 0 Å². The first kappa shape index (κ1) is 8.98. The zero-order valence-corrected chi connectivity index (χ0v) is 9.62. The average molecular weight is 261 g/mol. The summed E-state index contributed by atoms with van der Waals surface area (Å²) in [5.74, 6) is 0.947. The van der Waals surface area contributed by atoms with Crippen LogP contribution in [-0.4, -0.2) is 0 Å². The summed E-state index contributed by atoms with van der Waals surface area (Å²) in [6, 6.07) is 8.11. The summed E-state index contributed by atoms with van der Waals surface area (Å²) in [4.78, 5) is 0. The fourth-order valence-corrected chi connectivity index (χ4v) is 2.50. The van der Waals surface area contributed by atoms with Gasteiger partial charge < -0.3 is 4.42 Å². The molecule has 0 aliphatic heterocycles. The maximum absolute atomic E-state index is 5.44. The molecule has 0 amide bonds. The van der Waals surface area contributed by atoms with E-state index in [9.17, 15) is 0 Å². The summed E-state index contributed by atoms with van der Waals surface area (Å²) in [5.41, 5.74) is 3.83. The summed E-state index contributed by atoms with van der Waals surface area (Å²) in [7, 11) is 0. The van der Waals surface area contributed by atoms with Crippen molar-refractivity contribution >= 4 is 22.0 Å². The van der Waals surface area contributed by atoms with E-state index in [-0.39, 0.29) is 0 Å². The van der Waals surface area contributed by atoms with Gasteiger partial charge in [0.05, 0.1) is 6.26 Å². The summed E-state index contributed by atoms with van der Waals surface area (Å²) in [6.07, 6.45) is 7.05. The molecule has 0 bridgehead atoms. The van der Waals surface area contributed by atoms with Gasteiger partial charge in [-0.15, -0.1) is 0 Å². The van der Waals surface area contributed by atoms with Crippen molar-refractivity contribution in [2.24, 2.45) is 0 Å². The van der Waals surface area contributed by atoms with Crippen molar-refractivity contribution in [1.82, 2.24) is 0 Å². The van der Waals surface area contributed by atoms with Gasteiger partial charge in [-0.3, -0.25) is 0 Å². The van der Waals surface area contributed by atoms with Crippen LogP contribution in [0.25, 0.3) is 17.4 Å². The monoisotopic (exact) mass is 260 g/mol. The van der Waals surface area contributed by atoms with E-state index >= 15 is 0 Å². The van der Waals surface area contributed by atoms with Gasteiger partial charge in [0.2, 0.25) is 0 Å². The molecule has 1 aromatic carbocycles. The van der Waals surface area contributed by atoms with Crippen LogP contribution in [0.5, 0.6) is 0 Å². The molecule has 74 valence electrons. The minimum atomic E-state index is 0.947. The molecule has 0 saturated carbocycles. The fourth-order valence-electron chi connectivity index (χ4n) is 1.99. The SMILES string of the molecule is Brc1ccc(-c2ccco2)c2c1C=CC2. The second-order valence-corrected chi connectivity index (χ2v) is 4.43. The highest BCUT2D eigenvalue weighted by Gasteiger charge is 2.15. The molecule has 2 heteroatoms. The zero-order valence-electron chi connectivity index (χ0n) is 8.03. The summed E-state index contributed by atoms with van der Waals surface area (Å²) in [5, 5.41) is 0. The van der Waals surface area contributed by atoms with Crippen molar-refractivity contribution in [2.75, 3.05) is 0 Å². The largest absolute Gasteiger partial charge is 0.464 e. The van der Waals surface area contributed by atoms with Gasteiger partial charge in [-0.25, -0.2) is 0 Å². The van der Waals surface area contributed by atoms with E-state index in [0.717, 1.165) is 16.7 Å². The number of benzene rings is 1. The van der Waals surface area contributed by atoms with Gasteiger partial charge in [0.25, 0.3) is 0 Å². The highest BCUT2D eigenvalue weighted by Crippen LogP contribution is 2.35. The second kappa shape index (κ2) is 3.38. The van der Waals surface area contributed by atoms with Crippen molar-refractivity contribution in [3.8, 4) is 11.3 Å². The Morgan fingerprint density at radius 2 is 2.13 bits per heavy atom. The van der Waals surface area contributed by atoms with Crippen LogP contribution < -0.4 is 0 Å². The van der Waals surface area contributed by atoms with Crippen molar-refractivity contribution < 1.29 is 4.42 Å². The van der Waals surface area contributed by atoms with E-state index < -0.39 is 0 Å². The predicted molar refractivity (Wildman–Crippen MR) is 64.6 cm³/mol. The van der Waals surface area contributed by atoms with Gasteiger partial charge in [0, 0.05) is 10.0 Å². The molecular formula is C13H9BrO. The fraction of sp³-hybridized carbons (Fsp3) is 0.0769. The third kappa shape index (κ3) is 1.37. The molecule has 3 rings (SSSR count). The van der Waals surface area contributed by atoms with E-state index in [1.165, 1.54) is 16.7 Å². The van der Waals surface area contributed by atoms with Crippen molar-refractivity contribution in [3.05, 3.63) is 52.2 Å². The number of hydrogen-bond acceptors (Lipinski definition) is 1. The molecule has 1 nitrogen and oxygen atoms in total. The van der Waals surface area contributed by atoms with Gasteiger partial charge in [-0.05, 0) is 41.8 Å². The molecule has 0 fully saturated rings. The molecule has 1 aliphatic carbocycles. The Bertz CT molecular complexity index is 524. The topological polar surface area (TPSA) is 13.1 Å². The third-order valence-corrected chi connectivity index (χ3v) is 3.39. The number of halogens is 1. The van der Waals surface area contributed by atoms with Crippen LogP contribution in [0.15, 0.2) is 45.5 Å². The van der Waals surface area contributed by atoms with Crippen LogP contribution in [0, 0.1) is 0 Å². The molecule has 15 heavy (non-hydrogen) atoms. The lowest BCUT2D eigenvalue weighted by Crippen LogP contribution is -1.88. The smallest absolute Gasteiger partial charge is 0.134 e. The Balaban J connectivity index is 2.24. The van der Waals surface area contributed by atoms with Gasteiger partial charge >= 0.3 is 0 Å². The number of fused-ring (bicyclic) bond motifs is 1. The normalized spacial score (nSPS) is 13.1. The lowest BCUT2D eigenvalue weighted by Gasteiger charge is -2.07. The number of furan rings is 1. The number of rotatable bonds is 1. The van der Waals surface area contributed by atoms with Gasteiger partial charge in [-0.1, -0.05) is 28.1 Å². The van der Waals surface area contributed by atoms with E-state index in [1.807, 2.05) is 12.1 Å². The zero-order chi connectivity index (χ0) is 10.3. The van der Waals surface area contributed by atoms with Crippen molar-refractivity contribution in [2.45, 2.75) is 6.42 Å². The molecular weight excluding hydrogens is 252 g/mol. The average Bonchev–Trinajstić information content (AvgIpc) is 2.88. The minimum absolute atomic E-state index is 0.947. The first-order valence-electron chi connectivity index (χ1n) is 4.88. The van der Waals surface area contributed by atoms with E-state index in [4.69, 9.17) is 4.42 Å². The Morgan fingerprint density at radius 1 is 1.20 bits per heavy atom. The molecule has 1 heterocycles. The van der Waals surface area contributed by atoms with E-state index in [2.05, 4.69) is 40.2 Å². The number of allylic oxidation sites excluding steroid dienone is 1. The van der Waals surface area contributed by atoms with Gasteiger partial charge in [0.15, 0.2) is 0 Å². The molecule has 1 aliphatic rings. The third-order valence-electron chi connectivity index (χ3n) is 2.70. The first-order chi connectivity index (χ1) is 7.36. The van der Waals surface area contributed by atoms with Crippen LogP contribution in [0.2, 0.25) is 0 Å². The molecule has 0 N–H and O–H groups in total. The number of hydrogen-bond donors (Lipinski definition) is 0. The maximum Gasteiger partial charge on any atom is 0.134 e. The van der Waals surface area contributed by atoms with Crippen LogP contribution in [-0.2, 0) is 6.42 Å².